The predicted molar refractivity (Wildman–Crippen MR) is 82.5 cm³/mol. The van der Waals surface area contributed by atoms with E-state index in [-0.39, 0.29) is 11.8 Å². The van der Waals surface area contributed by atoms with Crippen LogP contribution >= 0.6 is 24.4 Å². The summed E-state index contributed by atoms with van der Waals surface area (Å²) in [7, 11) is 0. The fourth-order valence-corrected chi connectivity index (χ4v) is 3.20. The number of carbonyl (C=O) groups excluding carboxylic acids is 2. The number of carbonyl (C=O) groups is 2. The molecule has 1 unspecified atom stereocenters. The lowest BCUT2D eigenvalue weighted by Gasteiger charge is -2.30. The summed E-state index contributed by atoms with van der Waals surface area (Å²) in [5.41, 5.74) is 7.34. The monoisotopic (exact) mass is 305 g/mol. The summed E-state index contributed by atoms with van der Waals surface area (Å²) in [6.45, 7) is 0. The highest BCUT2D eigenvalue weighted by Crippen LogP contribution is 2.31. The first-order chi connectivity index (χ1) is 9.50. The zero-order valence-electron chi connectivity index (χ0n) is 10.4. The smallest absolute Gasteiger partial charge is 0.260 e. The van der Waals surface area contributed by atoms with Crippen LogP contribution in [0.5, 0.6) is 0 Å². The number of nitrogens with zero attached hydrogens (tertiary/aromatic N) is 1. The van der Waals surface area contributed by atoms with Crippen molar-refractivity contribution in [1.82, 2.24) is 10.2 Å². The van der Waals surface area contributed by atoms with Gasteiger partial charge in [-0.3, -0.25) is 14.5 Å². The Kier molecular flexibility index (Phi) is 3.02. The Hall–Kier alpha value is -1.86. The van der Waals surface area contributed by atoms with Gasteiger partial charge < -0.3 is 11.1 Å². The second kappa shape index (κ2) is 4.60. The van der Waals surface area contributed by atoms with Crippen molar-refractivity contribution in [1.29, 1.82) is 0 Å². The third-order valence-corrected chi connectivity index (χ3v) is 4.21. The van der Waals surface area contributed by atoms with E-state index in [9.17, 15) is 9.59 Å². The number of anilines is 1. The highest BCUT2D eigenvalue weighted by Gasteiger charge is 2.42. The molecule has 0 radical (unpaired) electrons. The fourth-order valence-electron chi connectivity index (χ4n) is 2.54. The van der Waals surface area contributed by atoms with E-state index in [1.165, 1.54) is 4.90 Å². The maximum absolute atomic E-state index is 12.5. The van der Waals surface area contributed by atoms with E-state index in [2.05, 4.69) is 5.32 Å². The molecule has 2 aliphatic rings. The minimum Gasteiger partial charge on any atom is -0.398 e. The van der Waals surface area contributed by atoms with Crippen LogP contribution in [0.25, 0.3) is 0 Å². The number of thiocarbonyl (C=S) groups is 2. The van der Waals surface area contributed by atoms with Crippen LogP contribution in [0.15, 0.2) is 18.2 Å². The molecule has 1 saturated heterocycles. The van der Waals surface area contributed by atoms with Crippen LogP contribution in [0.4, 0.5) is 5.69 Å². The van der Waals surface area contributed by atoms with Gasteiger partial charge in [0.2, 0.25) is 5.91 Å². The van der Waals surface area contributed by atoms with Crippen molar-refractivity contribution in [3.63, 3.8) is 0 Å². The van der Waals surface area contributed by atoms with Gasteiger partial charge in [-0.25, -0.2) is 0 Å². The van der Waals surface area contributed by atoms with Gasteiger partial charge in [0, 0.05) is 17.7 Å². The molecular weight excluding hydrogens is 294 g/mol. The molecule has 2 heterocycles. The van der Waals surface area contributed by atoms with E-state index in [1.807, 2.05) is 0 Å². The Bertz CT molecular complexity index is 672. The zero-order chi connectivity index (χ0) is 14.4. The number of fused-ring (bicyclic) bond motifs is 1. The van der Waals surface area contributed by atoms with Crippen molar-refractivity contribution in [2.24, 2.45) is 0 Å². The van der Waals surface area contributed by atoms with Gasteiger partial charge in [0.1, 0.15) is 11.0 Å². The predicted octanol–water partition coefficient (Wildman–Crippen LogP) is 1.01. The summed E-state index contributed by atoms with van der Waals surface area (Å²) in [6.07, 6.45) is 1.04. The SMILES string of the molecule is Nc1cccc2c1C(=S)N(C1CCC(=S)NC1=O)C2=O. The average molecular weight is 305 g/mol. The van der Waals surface area contributed by atoms with Crippen molar-refractivity contribution in [2.75, 3.05) is 5.73 Å². The number of amides is 2. The molecule has 1 aromatic rings. The van der Waals surface area contributed by atoms with Crippen LogP contribution in [-0.2, 0) is 4.79 Å². The summed E-state index contributed by atoms with van der Waals surface area (Å²) in [5.74, 6) is -0.561. The molecule has 102 valence electrons. The van der Waals surface area contributed by atoms with E-state index in [1.54, 1.807) is 18.2 Å². The number of nitrogens with two attached hydrogens (primary N) is 1. The number of rotatable bonds is 1. The third kappa shape index (κ3) is 1.82. The maximum Gasteiger partial charge on any atom is 0.260 e. The molecule has 5 nitrogen and oxygen atoms in total. The average Bonchev–Trinajstić information content (AvgIpc) is 2.64. The topological polar surface area (TPSA) is 75.4 Å². The van der Waals surface area contributed by atoms with Gasteiger partial charge in [0.25, 0.3) is 5.91 Å². The van der Waals surface area contributed by atoms with Gasteiger partial charge in [-0.2, -0.15) is 0 Å². The molecule has 1 aromatic carbocycles. The van der Waals surface area contributed by atoms with Crippen molar-refractivity contribution in [2.45, 2.75) is 18.9 Å². The number of nitrogens with one attached hydrogen (secondary N) is 1. The molecule has 0 spiro atoms. The molecule has 3 N–H and O–H groups in total. The van der Waals surface area contributed by atoms with E-state index in [0.717, 1.165) is 0 Å². The van der Waals surface area contributed by atoms with E-state index in [4.69, 9.17) is 30.2 Å². The molecule has 7 heteroatoms. The Morgan fingerprint density at radius 1 is 1.30 bits per heavy atom. The Morgan fingerprint density at radius 3 is 2.70 bits per heavy atom. The van der Waals surface area contributed by atoms with Crippen molar-refractivity contribution < 1.29 is 9.59 Å². The van der Waals surface area contributed by atoms with Crippen molar-refractivity contribution in [3.8, 4) is 0 Å². The Morgan fingerprint density at radius 2 is 2.05 bits per heavy atom. The summed E-state index contributed by atoms with van der Waals surface area (Å²) in [4.78, 5) is 26.7. The number of benzene rings is 1. The standard InChI is InChI=1S/C13H11N3O2S2/c14-7-3-1-2-6-10(7)13(20)16(12(6)18)8-4-5-9(19)15-11(8)17/h1-3,8H,4-5,14H2,(H,15,17,19). The van der Waals surface area contributed by atoms with Gasteiger partial charge in [-0.1, -0.05) is 30.5 Å². The molecule has 0 aliphatic carbocycles. The molecule has 2 amide bonds. The molecule has 20 heavy (non-hydrogen) atoms. The maximum atomic E-state index is 12.5. The van der Waals surface area contributed by atoms with Gasteiger partial charge >= 0.3 is 0 Å². The number of piperidine rings is 1. The molecule has 0 bridgehead atoms. The molecule has 3 rings (SSSR count). The fraction of sp³-hybridized carbons (Fsp3) is 0.231. The molecule has 2 aliphatic heterocycles. The lowest BCUT2D eigenvalue weighted by Crippen LogP contribution is -2.53. The molecule has 1 fully saturated rings. The number of nitrogen functional groups attached to an aromatic ring is 1. The largest absolute Gasteiger partial charge is 0.398 e. The quantitative estimate of drug-likeness (QED) is 0.598. The van der Waals surface area contributed by atoms with Crippen LogP contribution in [0.2, 0.25) is 0 Å². The summed E-state index contributed by atoms with van der Waals surface area (Å²) >= 11 is 10.3. The number of hydrogen-bond donors (Lipinski definition) is 2. The van der Waals surface area contributed by atoms with Crippen LogP contribution < -0.4 is 11.1 Å². The molecular formula is C13H11N3O2S2. The normalized spacial score (nSPS) is 22.0. The second-order valence-corrected chi connectivity index (χ2v) is 5.60. The second-order valence-electron chi connectivity index (χ2n) is 4.72. The Labute approximate surface area is 126 Å². The molecule has 0 aromatic heterocycles. The first kappa shape index (κ1) is 13.1. The van der Waals surface area contributed by atoms with Gasteiger partial charge in [-0.15, -0.1) is 0 Å². The van der Waals surface area contributed by atoms with Crippen molar-refractivity contribution >= 4 is 51.9 Å². The van der Waals surface area contributed by atoms with E-state index in [0.29, 0.717) is 39.6 Å². The molecule has 1 atom stereocenters. The van der Waals surface area contributed by atoms with Crippen LogP contribution in [0.1, 0.15) is 28.8 Å². The first-order valence-electron chi connectivity index (χ1n) is 6.11. The first-order valence-corrected chi connectivity index (χ1v) is 6.92. The lowest BCUT2D eigenvalue weighted by molar-refractivity contribution is -0.123. The third-order valence-electron chi connectivity index (χ3n) is 3.50. The van der Waals surface area contributed by atoms with Crippen LogP contribution in [-0.4, -0.2) is 32.7 Å². The van der Waals surface area contributed by atoms with Crippen LogP contribution in [0, 0.1) is 0 Å². The highest BCUT2D eigenvalue weighted by atomic mass is 32.1. The van der Waals surface area contributed by atoms with Gasteiger partial charge in [-0.05, 0) is 18.6 Å². The molecule has 0 saturated carbocycles. The zero-order valence-corrected chi connectivity index (χ0v) is 12.0. The lowest BCUT2D eigenvalue weighted by atomic mass is 10.1. The highest BCUT2D eigenvalue weighted by molar-refractivity contribution is 7.81. The summed E-state index contributed by atoms with van der Waals surface area (Å²) < 4.78 is 0. The van der Waals surface area contributed by atoms with E-state index < -0.39 is 6.04 Å². The Balaban J connectivity index is 2.00. The van der Waals surface area contributed by atoms with E-state index >= 15 is 0 Å². The van der Waals surface area contributed by atoms with Crippen molar-refractivity contribution in [3.05, 3.63) is 29.3 Å². The van der Waals surface area contributed by atoms with Gasteiger partial charge in [0.05, 0.1) is 10.6 Å². The van der Waals surface area contributed by atoms with Crippen LogP contribution in [0.3, 0.4) is 0 Å². The minimum absolute atomic E-state index is 0.273. The summed E-state index contributed by atoms with van der Waals surface area (Å²) in [6, 6.07) is 4.45. The van der Waals surface area contributed by atoms with Gasteiger partial charge in [0.15, 0.2) is 0 Å². The number of hydrogen-bond acceptors (Lipinski definition) is 5. The summed E-state index contributed by atoms with van der Waals surface area (Å²) in [5, 5.41) is 2.60. The minimum atomic E-state index is -0.617.